The van der Waals surface area contributed by atoms with Crippen molar-refractivity contribution in [3.63, 3.8) is 0 Å². The van der Waals surface area contributed by atoms with Gasteiger partial charge < -0.3 is 19.7 Å². The normalized spacial score (nSPS) is 15.7. The summed E-state index contributed by atoms with van der Waals surface area (Å²) < 4.78 is 2.04. The Morgan fingerprint density at radius 3 is 2.52 bits per heavy atom. The molecule has 25 heavy (non-hydrogen) atoms. The van der Waals surface area contributed by atoms with Crippen molar-refractivity contribution in [2.24, 2.45) is 7.05 Å². The molecule has 4 rings (SSSR count). The zero-order valence-electron chi connectivity index (χ0n) is 14.9. The number of rotatable bonds is 3. The molecule has 0 atom stereocenters. The van der Waals surface area contributed by atoms with Crippen LogP contribution in [0.2, 0.25) is 0 Å². The van der Waals surface area contributed by atoms with Gasteiger partial charge in [0.05, 0.1) is 28.6 Å². The first-order valence-electron chi connectivity index (χ1n) is 8.56. The van der Waals surface area contributed by atoms with Gasteiger partial charge in [0.25, 0.3) is 0 Å². The summed E-state index contributed by atoms with van der Waals surface area (Å²) in [5, 5.41) is 3.21. The van der Waals surface area contributed by atoms with E-state index in [2.05, 4.69) is 43.2 Å². The van der Waals surface area contributed by atoms with Gasteiger partial charge in [-0.25, -0.2) is 15.0 Å². The van der Waals surface area contributed by atoms with Crippen LogP contribution < -0.4 is 10.2 Å². The number of anilines is 3. The highest BCUT2D eigenvalue weighted by Gasteiger charge is 2.14. The maximum absolute atomic E-state index is 4.57. The second-order valence-electron chi connectivity index (χ2n) is 6.61. The van der Waals surface area contributed by atoms with Crippen molar-refractivity contribution in [1.29, 1.82) is 0 Å². The average Bonchev–Trinajstić information content (AvgIpc) is 2.98. The third kappa shape index (κ3) is 3.15. The zero-order valence-corrected chi connectivity index (χ0v) is 14.9. The van der Waals surface area contributed by atoms with Gasteiger partial charge >= 0.3 is 0 Å². The number of likely N-dealkylation sites (N-methyl/N-ethyl adjacent to an activating group) is 1. The number of nitrogens with zero attached hydrogens (tertiary/aromatic N) is 6. The van der Waals surface area contributed by atoms with E-state index in [1.807, 2.05) is 43.1 Å². The van der Waals surface area contributed by atoms with Crippen molar-refractivity contribution in [3.05, 3.63) is 36.3 Å². The van der Waals surface area contributed by atoms with E-state index >= 15 is 0 Å². The van der Waals surface area contributed by atoms with Crippen LogP contribution in [0.3, 0.4) is 0 Å². The van der Waals surface area contributed by atoms with E-state index in [0.717, 1.165) is 54.4 Å². The lowest BCUT2D eigenvalue weighted by Crippen LogP contribution is -2.44. The molecule has 130 valence electrons. The summed E-state index contributed by atoms with van der Waals surface area (Å²) in [5.41, 5.74) is 4.11. The Morgan fingerprint density at radius 1 is 1.00 bits per heavy atom. The lowest BCUT2D eigenvalue weighted by atomic mass is 10.3. The summed E-state index contributed by atoms with van der Waals surface area (Å²) in [6.45, 7) is 6.25. The molecular weight excluding hydrogens is 314 g/mol. The van der Waals surface area contributed by atoms with Crippen LogP contribution in [0.4, 0.5) is 17.5 Å². The Bertz CT molecular complexity index is 876. The van der Waals surface area contributed by atoms with Crippen LogP contribution in [-0.4, -0.2) is 57.6 Å². The summed E-state index contributed by atoms with van der Waals surface area (Å²) in [6.07, 6.45) is 3.92. The molecule has 0 aliphatic carbocycles. The van der Waals surface area contributed by atoms with Crippen LogP contribution in [0.1, 0.15) is 5.69 Å². The largest absolute Gasteiger partial charge is 0.368 e. The highest BCUT2D eigenvalue weighted by Crippen LogP contribution is 2.21. The molecule has 1 aliphatic rings. The fourth-order valence-corrected chi connectivity index (χ4v) is 3.28. The third-order valence-corrected chi connectivity index (χ3v) is 4.75. The monoisotopic (exact) mass is 337 g/mol. The number of piperazine rings is 1. The number of aryl methyl sites for hydroxylation is 2. The van der Waals surface area contributed by atoms with E-state index in [1.54, 1.807) is 0 Å². The van der Waals surface area contributed by atoms with E-state index in [4.69, 9.17) is 0 Å². The first-order valence-corrected chi connectivity index (χ1v) is 8.56. The van der Waals surface area contributed by atoms with Gasteiger partial charge in [-0.05, 0) is 32.2 Å². The third-order valence-electron chi connectivity index (χ3n) is 4.75. The van der Waals surface area contributed by atoms with Crippen molar-refractivity contribution < 1.29 is 0 Å². The van der Waals surface area contributed by atoms with Crippen LogP contribution in [0.15, 0.2) is 30.6 Å². The van der Waals surface area contributed by atoms with Gasteiger partial charge in [0.2, 0.25) is 5.95 Å². The van der Waals surface area contributed by atoms with Crippen molar-refractivity contribution in [3.8, 4) is 0 Å². The van der Waals surface area contributed by atoms with Gasteiger partial charge in [-0.1, -0.05) is 0 Å². The lowest BCUT2D eigenvalue weighted by Gasteiger charge is -2.33. The summed E-state index contributed by atoms with van der Waals surface area (Å²) in [7, 11) is 4.17. The Hall–Kier alpha value is -2.67. The Labute approximate surface area is 147 Å². The Morgan fingerprint density at radius 2 is 1.80 bits per heavy atom. The van der Waals surface area contributed by atoms with Crippen molar-refractivity contribution >= 4 is 28.5 Å². The molecule has 3 aromatic rings. The minimum Gasteiger partial charge on any atom is -0.368 e. The number of nitrogens with one attached hydrogen (secondary N) is 1. The molecule has 0 amide bonds. The molecule has 7 nitrogen and oxygen atoms in total. The predicted molar refractivity (Wildman–Crippen MR) is 100 cm³/mol. The van der Waals surface area contributed by atoms with Gasteiger partial charge in [-0.3, -0.25) is 0 Å². The van der Waals surface area contributed by atoms with E-state index in [1.165, 1.54) is 0 Å². The first kappa shape index (κ1) is 15.8. The van der Waals surface area contributed by atoms with E-state index < -0.39 is 0 Å². The molecule has 0 spiro atoms. The molecule has 0 bridgehead atoms. The van der Waals surface area contributed by atoms with Crippen LogP contribution in [0, 0.1) is 6.92 Å². The van der Waals surface area contributed by atoms with Crippen molar-refractivity contribution in [2.75, 3.05) is 43.4 Å². The van der Waals surface area contributed by atoms with Crippen molar-refractivity contribution in [1.82, 2.24) is 24.4 Å². The molecule has 1 N–H and O–H groups in total. The molecule has 3 aromatic heterocycles. The van der Waals surface area contributed by atoms with Crippen LogP contribution in [0.25, 0.3) is 11.0 Å². The maximum Gasteiger partial charge on any atom is 0.229 e. The first-order chi connectivity index (χ1) is 12.1. The number of pyridine rings is 1. The van der Waals surface area contributed by atoms with Gasteiger partial charge in [-0.15, -0.1) is 0 Å². The maximum atomic E-state index is 4.57. The quantitative estimate of drug-likeness (QED) is 0.790. The molecule has 0 radical (unpaired) electrons. The van der Waals surface area contributed by atoms with E-state index in [-0.39, 0.29) is 0 Å². The van der Waals surface area contributed by atoms with E-state index in [9.17, 15) is 0 Å². The number of aromatic nitrogens is 4. The SMILES string of the molecule is Cc1nc(Nc2ccc(N3CCN(C)CC3)cn2)nc2ccn(C)c12. The molecule has 4 heterocycles. The zero-order chi connectivity index (χ0) is 17.4. The molecule has 0 saturated carbocycles. The van der Waals surface area contributed by atoms with Crippen LogP contribution in [0.5, 0.6) is 0 Å². The molecule has 7 heteroatoms. The standard InChI is InChI=1S/C18H23N7/c1-13-17-15(6-7-24(17)3)21-18(20-13)22-16-5-4-14(12-19-16)25-10-8-23(2)9-11-25/h4-7,12H,8-11H2,1-3H3,(H,19,20,21,22). The Balaban J connectivity index is 1.51. The predicted octanol–water partition coefficient (Wildman–Crippen LogP) is 2.17. The summed E-state index contributed by atoms with van der Waals surface area (Å²) in [5.74, 6) is 1.34. The smallest absolute Gasteiger partial charge is 0.229 e. The molecule has 0 unspecified atom stereocenters. The second kappa shape index (κ2) is 6.33. The van der Waals surface area contributed by atoms with E-state index in [0.29, 0.717) is 5.95 Å². The fraction of sp³-hybridized carbons (Fsp3) is 0.389. The van der Waals surface area contributed by atoms with Gasteiger partial charge in [0.1, 0.15) is 5.82 Å². The van der Waals surface area contributed by atoms with Gasteiger partial charge in [0.15, 0.2) is 0 Å². The summed E-state index contributed by atoms with van der Waals surface area (Å²) in [4.78, 5) is 18.4. The van der Waals surface area contributed by atoms with Crippen LogP contribution >= 0.6 is 0 Å². The minimum atomic E-state index is 0.580. The minimum absolute atomic E-state index is 0.580. The van der Waals surface area contributed by atoms with Gasteiger partial charge in [0, 0.05) is 39.4 Å². The molecule has 1 fully saturated rings. The number of hydrogen-bond acceptors (Lipinski definition) is 6. The summed E-state index contributed by atoms with van der Waals surface area (Å²) >= 11 is 0. The van der Waals surface area contributed by atoms with Crippen molar-refractivity contribution in [2.45, 2.75) is 6.92 Å². The Kier molecular flexibility index (Phi) is 4.01. The average molecular weight is 337 g/mol. The van der Waals surface area contributed by atoms with Gasteiger partial charge in [-0.2, -0.15) is 0 Å². The molecule has 0 aromatic carbocycles. The molecule has 1 aliphatic heterocycles. The molecular formula is C18H23N7. The summed E-state index contributed by atoms with van der Waals surface area (Å²) in [6, 6.07) is 6.09. The topological polar surface area (TPSA) is 62.1 Å². The van der Waals surface area contributed by atoms with Crippen LogP contribution in [-0.2, 0) is 7.05 Å². The number of hydrogen-bond donors (Lipinski definition) is 1. The highest BCUT2D eigenvalue weighted by molar-refractivity contribution is 5.79. The fourth-order valence-electron chi connectivity index (χ4n) is 3.28. The number of fused-ring (bicyclic) bond motifs is 1. The highest BCUT2D eigenvalue weighted by atomic mass is 15.3. The lowest BCUT2D eigenvalue weighted by molar-refractivity contribution is 0.313. The second-order valence-corrected chi connectivity index (χ2v) is 6.61. The molecule has 1 saturated heterocycles.